The van der Waals surface area contributed by atoms with Crippen LogP contribution in [0.25, 0.3) is 22.0 Å². The number of benzene rings is 1. The second kappa shape index (κ2) is 9.82. The quantitative estimate of drug-likeness (QED) is 0.385. The maximum absolute atomic E-state index is 12.8. The molecule has 1 fully saturated rings. The monoisotopic (exact) mass is 510 g/mol. The van der Waals surface area contributed by atoms with Crippen LogP contribution in [0.5, 0.6) is 0 Å². The fraction of sp³-hybridized carbons (Fsp3) is 0.304. The molecule has 0 bridgehead atoms. The van der Waals surface area contributed by atoms with Crippen molar-refractivity contribution in [3.63, 3.8) is 0 Å². The van der Waals surface area contributed by atoms with E-state index in [4.69, 9.17) is 5.73 Å². The number of piperazine rings is 1. The second-order valence-corrected chi connectivity index (χ2v) is 11.7. The van der Waals surface area contributed by atoms with Gasteiger partial charge in [-0.3, -0.25) is 9.88 Å². The molecule has 0 saturated carbocycles. The number of anilines is 2. The zero-order valence-corrected chi connectivity index (χ0v) is 20.8. The molecular weight excluding hydrogens is 484 g/mol. The van der Waals surface area contributed by atoms with E-state index in [2.05, 4.69) is 37.1 Å². The number of nitrogen functional groups attached to an aromatic ring is 1. The number of nitrogens with two attached hydrogens (primary N) is 1. The third-order valence-corrected chi connectivity index (χ3v) is 9.14. The van der Waals surface area contributed by atoms with Crippen molar-refractivity contribution in [1.82, 2.24) is 29.1 Å². The van der Waals surface area contributed by atoms with Gasteiger partial charge in [0.2, 0.25) is 0 Å². The summed E-state index contributed by atoms with van der Waals surface area (Å²) < 4.78 is 27.3. The lowest BCUT2D eigenvalue weighted by Crippen LogP contribution is -2.50. The van der Waals surface area contributed by atoms with E-state index < -0.39 is 10.0 Å². The first-order valence-corrected chi connectivity index (χ1v) is 13.5. The third-order valence-electron chi connectivity index (χ3n) is 5.98. The molecule has 1 unspecified atom stereocenters. The molecule has 35 heavy (non-hydrogen) atoms. The van der Waals surface area contributed by atoms with Gasteiger partial charge in [0, 0.05) is 67.7 Å². The minimum Gasteiger partial charge on any atom is -0.375 e. The van der Waals surface area contributed by atoms with E-state index in [1.807, 2.05) is 36.5 Å². The van der Waals surface area contributed by atoms with Crippen LogP contribution < -0.4 is 11.1 Å². The number of hydrogen-bond acceptors (Lipinski definition) is 10. The number of thiazole rings is 1. The van der Waals surface area contributed by atoms with E-state index in [0.717, 1.165) is 45.7 Å². The molecule has 0 aliphatic carbocycles. The number of nitrogens with one attached hydrogen (secondary N) is 1. The van der Waals surface area contributed by atoms with E-state index in [-0.39, 0.29) is 15.4 Å². The van der Waals surface area contributed by atoms with Gasteiger partial charge in [-0.1, -0.05) is 29.5 Å². The van der Waals surface area contributed by atoms with Crippen LogP contribution in [-0.4, -0.2) is 76.3 Å². The van der Waals surface area contributed by atoms with E-state index in [1.165, 1.54) is 10.5 Å². The summed E-state index contributed by atoms with van der Waals surface area (Å²) in [5.41, 5.74) is 8.50. The molecule has 0 radical (unpaired) electrons. The van der Waals surface area contributed by atoms with Crippen LogP contribution in [0.4, 0.5) is 10.9 Å². The highest BCUT2D eigenvalue weighted by atomic mass is 32.2. The lowest BCUT2D eigenvalue weighted by molar-refractivity contribution is 0.184. The van der Waals surface area contributed by atoms with Crippen molar-refractivity contribution in [2.45, 2.75) is 17.2 Å². The van der Waals surface area contributed by atoms with Gasteiger partial charge < -0.3 is 11.1 Å². The van der Waals surface area contributed by atoms with Gasteiger partial charge in [0.25, 0.3) is 10.0 Å². The fourth-order valence-corrected chi connectivity index (χ4v) is 6.79. The van der Waals surface area contributed by atoms with Gasteiger partial charge in [-0.05, 0) is 19.1 Å². The Kier molecular flexibility index (Phi) is 6.60. The number of rotatable bonds is 7. The zero-order chi connectivity index (χ0) is 24.4. The van der Waals surface area contributed by atoms with Gasteiger partial charge in [-0.15, -0.1) is 0 Å². The fourth-order valence-electron chi connectivity index (χ4n) is 4.29. The van der Waals surface area contributed by atoms with Crippen molar-refractivity contribution in [2.75, 3.05) is 43.8 Å². The Morgan fingerprint density at radius 1 is 1.09 bits per heavy atom. The summed E-state index contributed by atoms with van der Waals surface area (Å²) in [4.78, 5) is 19.4. The molecule has 1 aliphatic heterocycles. The van der Waals surface area contributed by atoms with Crippen LogP contribution in [0.3, 0.4) is 0 Å². The molecule has 0 amide bonds. The van der Waals surface area contributed by atoms with Crippen LogP contribution in [-0.2, 0) is 10.0 Å². The predicted octanol–water partition coefficient (Wildman–Crippen LogP) is 2.54. The molecule has 5 rings (SSSR count). The summed E-state index contributed by atoms with van der Waals surface area (Å²) in [5.74, 6) is 0.775. The maximum Gasteiger partial charge on any atom is 0.254 e. The van der Waals surface area contributed by atoms with Gasteiger partial charge in [-0.2, -0.15) is 4.31 Å². The largest absolute Gasteiger partial charge is 0.375 e. The highest BCUT2D eigenvalue weighted by molar-refractivity contribution is 7.91. The standard InChI is InChI=1S/C23H26N8O2S2/c1-16(14-30-8-10-31(11-9-30)35(32,33)20-13-26-23(24)34-20)29-22-19-6-2-5-18(21(19)27-15-28-22)17-4-3-7-25-12-17/h2-7,12-13,15-16H,8-11,14H2,1H3,(H2,24,26)(H,27,28,29). The summed E-state index contributed by atoms with van der Waals surface area (Å²) in [6.45, 7) is 5.01. The molecule has 0 spiro atoms. The molecule has 3 aromatic heterocycles. The average Bonchev–Trinajstić information content (AvgIpc) is 3.32. The minimum absolute atomic E-state index is 0.0969. The van der Waals surface area contributed by atoms with Crippen molar-refractivity contribution in [3.8, 4) is 11.1 Å². The van der Waals surface area contributed by atoms with Crippen LogP contribution in [0.2, 0.25) is 0 Å². The second-order valence-electron chi connectivity index (χ2n) is 8.43. The van der Waals surface area contributed by atoms with Crippen LogP contribution >= 0.6 is 11.3 Å². The highest BCUT2D eigenvalue weighted by Crippen LogP contribution is 2.30. The first kappa shape index (κ1) is 23.5. The average molecular weight is 511 g/mol. The Morgan fingerprint density at radius 3 is 2.63 bits per heavy atom. The van der Waals surface area contributed by atoms with E-state index in [9.17, 15) is 8.42 Å². The molecule has 12 heteroatoms. The predicted molar refractivity (Wildman–Crippen MR) is 138 cm³/mol. The Bertz CT molecular complexity index is 1420. The summed E-state index contributed by atoms with van der Waals surface area (Å²) in [6, 6.07) is 10.1. The van der Waals surface area contributed by atoms with Crippen LogP contribution in [0.15, 0.2) is 59.5 Å². The number of hydrogen-bond donors (Lipinski definition) is 2. The SMILES string of the molecule is CC(CN1CCN(S(=O)(=O)c2cnc(N)s2)CC1)Nc1ncnc2c(-c3cccnc3)cccc12. The van der Waals surface area contributed by atoms with Gasteiger partial charge in [0.1, 0.15) is 12.1 Å². The molecule has 1 aliphatic rings. The molecule has 4 aromatic rings. The topological polar surface area (TPSA) is 130 Å². The number of para-hydroxylation sites is 1. The number of aromatic nitrogens is 4. The van der Waals surface area contributed by atoms with Gasteiger partial charge in [0.15, 0.2) is 9.34 Å². The third kappa shape index (κ3) is 4.96. The molecular formula is C23H26N8O2S2. The zero-order valence-electron chi connectivity index (χ0n) is 19.2. The number of sulfonamides is 1. The molecule has 1 atom stereocenters. The normalized spacial score (nSPS) is 16.4. The van der Waals surface area contributed by atoms with Crippen LogP contribution in [0, 0.1) is 0 Å². The Labute approximate surface area is 207 Å². The summed E-state index contributed by atoms with van der Waals surface area (Å²) >= 11 is 0.999. The highest BCUT2D eigenvalue weighted by Gasteiger charge is 2.30. The van der Waals surface area contributed by atoms with Gasteiger partial charge >= 0.3 is 0 Å². The smallest absolute Gasteiger partial charge is 0.254 e. The Hall–Kier alpha value is -3.19. The van der Waals surface area contributed by atoms with Crippen molar-refractivity contribution in [2.24, 2.45) is 0 Å². The molecule has 182 valence electrons. The van der Waals surface area contributed by atoms with Gasteiger partial charge in [0.05, 0.1) is 11.7 Å². The van der Waals surface area contributed by atoms with Crippen molar-refractivity contribution >= 4 is 43.2 Å². The minimum atomic E-state index is -3.55. The molecule has 10 nitrogen and oxygen atoms in total. The molecule has 4 heterocycles. The lowest BCUT2D eigenvalue weighted by Gasteiger charge is -2.35. The van der Waals surface area contributed by atoms with E-state index in [0.29, 0.717) is 26.2 Å². The number of fused-ring (bicyclic) bond motifs is 1. The Balaban J connectivity index is 1.24. The van der Waals surface area contributed by atoms with E-state index >= 15 is 0 Å². The van der Waals surface area contributed by atoms with E-state index in [1.54, 1.807) is 12.5 Å². The number of pyridine rings is 1. The summed E-state index contributed by atoms with van der Waals surface area (Å²) in [6.07, 6.45) is 6.49. The first-order chi connectivity index (χ1) is 16.9. The summed E-state index contributed by atoms with van der Waals surface area (Å²) in [7, 11) is -3.55. The van der Waals surface area contributed by atoms with Crippen molar-refractivity contribution < 1.29 is 8.42 Å². The van der Waals surface area contributed by atoms with Gasteiger partial charge in [-0.25, -0.2) is 23.4 Å². The lowest BCUT2D eigenvalue weighted by atomic mass is 10.0. The molecule has 3 N–H and O–H groups in total. The van der Waals surface area contributed by atoms with Crippen molar-refractivity contribution in [1.29, 1.82) is 0 Å². The molecule has 1 saturated heterocycles. The summed E-state index contributed by atoms with van der Waals surface area (Å²) in [5, 5.41) is 4.72. The Morgan fingerprint density at radius 2 is 1.91 bits per heavy atom. The first-order valence-electron chi connectivity index (χ1n) is 11.3. The number of nitrogens with zero attached hydrogens (tertiary/aromatic N) is 6. The van der Waals surface area contributed by atoms with Crippen LogP contribution in [0.1, 0.15) is 6.92 Å². The maximum atomic E-state index is 12.8. The molecule has 1 aromatic carbocycles. The van der Waals surface area contributed by atoms with Crippen molar-refractivity contribution in [3.05, 3.63) is 55.2 Å².